The van der Waals surface area contributed by atoms with Crippen molar-refractivity contribution < 1.29 is 14.6 Å². The lowest BCUT2D eigenvalue weighted by molar-refractivity contribution is -0.249. The molecule has 0 saturated heterocycles. The number of rotatable bonds is 1. The third kappa shape index (κ3) is 2.39. The molecule has 1 heterocycles. The molecular weight excluding hydrogens is 260 g/mol. The molecule has 1 unspecified atom stereocenters. The third-order valence-electron chi connectivity index (χ3n) is 2.52. The van der Waals surface area contributed by atoms with Crippen LogP contribution >= 0.6 is 15.9 Å². The van der Waals surface area contributed by atoms with Gasteiger partial charge >= 0.3 is 0 Å². The maximum absolute atomic E-state index is 9.15. The zero-order valence-corrected chi connectivity index (χ0v) is 10.1. The zero-order valence-electron chi connectivity index (χ0n) is 8.50. The van der Waals surface area contributed by atoms with Gasteiger partial charge < -0.3 is 14.6 Å². The normalized spacial score (nSPS) is 25.8. The summed E-state index contributed by atoms with van der Waals surface area (Å²) in [6.07, 6.45) is 0. The standard InChI is InChI=1S/C11H13BrO3/c1-11(7-13)14-5-8-2-3-10(12)4-9(8)6-15-11/h2-4,13H,5-7H2,1H3. The lowest BCUT2D eigenvalue weighted by Gasteiger charge is -2.25. The van der Waals surface area contributed by atoms with Crippen molar-refractivity contribution in [2.75, 3.05) is 6.61 Å². The molecule has 0 aliphatic carbocycles. The molecule has 15 heavy (non-hydrogen) atoms. The van der Waals surface area contributed by atoms with Gasteiger partial charge in [0.05, 0.1) is 19.8 Å². The largest absolute Gasteiger partial charge is 0.391 e. The van der Waals surface area contributed by atoms with Crippen LogP contribution in [-0.4, -0.2) is 17.5 Å². The SMILES string of the molecule is CC1(CO)OCc2ccc(Br)cc2CO1. The first-order valence-electron chi connectivity index (χ1n) is 4.79. The molecule has 4 heteroatoms. The van der Waals surface area contributed by atoms with Gasteiger partial charge in [-0.15, -0.1) is 0 Å². The molecule has 1 aliphatic rings. The lowest BCUT2D eigenvalue weighted by atomic mass is 10.1. The molecule has 1 atom stereocenters. The fraction of sp³-hybridized carbons (Fsp3) is 0.455. The van der Waals surface area contributed by atoms with Gasteiger partial charge in [0.25, 0.3) is 0 Å². The molecule has 0 radical (unpaired) electrons. The van der Waals surface area contributed by atoms with E-state index in [4.69, 9.17) is 14.6 Å². The van der Waals surface area contributed by atoms with Crippen LogP contribution in [0.4, 0.5) is 0 Å². The van der Waals surface area contributed by atoms with Gasteiger partial charge in [-0.2, -0.15) is 0 Å². The summed E-state index contributed by atoms with van der Waals surface area (Å²) in [5, 5.41) is 9.15. The fourth-order valence-electron chi connectivity index (χ4n) is 1.46. The highest BCUT2D eigenvalue weighted by Gasteiger charge is 2.28. The van der Waals surface area contributed by atoms with Crippen LogP contribution < -0.4 is 0 Å². The van der Waals surface area contributed by atoms with Crippen LogP contribution in [0.3, 0.4) is 0 Å². The molecule has 3 nitrogen and oxygen atoms in total. The Morgan fingerprint density at radius 2 is 2.00 bits per heavy atom. The summed E-state index contributed by atoms with van der Waals surface area (Å²) in [7, 11) is 0. The Morgan fingerprint density at radius 1 is 1.33 bits per heavy atom. The van der Waals surface area contributed by atoms with Gasteiger partial charge in [0, 0.05) is 4.47 Å². The van der Waals surface area contributed by atoms with Crippen molar-refractivity contribution in [3.05, 3.63) is 33.8 Å². The maximum atomic E-state index is 9.15. The van der Waals surface area contributed by atoms with Crippen molar-refractivity contribution in [3.8, 4) is 0 Å². The monoisotopic (exact) mass is 272 g/mol. The van der Waals surface area contributed by atoms with Crippen LogP contribution in [0.1, 0.15) is 18.1 Å². The number of aliphatic hydroxyl groups excluding tert-OH is 1. The molecule has 1 aromatic rings. The number of benzene rings is 1. The first-order valence-corrected chi connectivity index (χ1v) is 5.58. The Balaban J connectivity index is 2.25. The third-order valence-corrected chi connectivity index (χ3v) is 3.01. The summed E-state index contributed by atoms with van der Waals surface area (Å²) in [6, 6.07) is 6.00. The van der Waals surface area contributed by atoms with Gasteiger partial charge in [-0.3, -0.25) is 0 Å². The zero-order chi connectivity index (χ0) is 10.9. The van der Waals surface area contributed by atoms with Crippen LogP contribution in [0.15, 0.2) is 22.7 Å². The van der Waals surface area contributed by atoms with E-state index >= 15 is 0 Å². The summed E-state index contributed by atoms with van der Waals surface area (Å²) in [5.74, 6) is -0.883. The Kier molecular flexibility index (Phi) is 3.11. The summed E-state index contributed by atoms with van der Waals surface area (Å²) in [6.45, 7) is 2.54. The minimum absolute atomic E-state index is 0.137. The molecule has 1 N–H and O–H groups in total. The van der Waals surface area contributed by atoms with Crippen molar-refractivity contribution in [1.82, 2.24) is 0 Å². The molecule has 2 rings (SSSR count). The van der Waals surface area contributed by atoms with Gasteiger partial charge in [0.2, 0.25) is 0 Å². The Labute approximate surface area is 97.1 Å². The molecule has 1 aliphatic heterocycles. The van der Waals surface area contributed by atoms with E-state index in [-0.39, 0.29) is 6.61 Å². The predicted molar refractivity (Wildman–Crippen MR) is 59.2 cm³/mol. The molecule has 0 saturated carbocycles. The smallest absolute Gasteiger partial charge is 0.189 e. The van der Waals surface area contributed by atoms with Gasteiger partial charge in [0.1, 0.15) is 0 Å². The van der Waals surface area contributed by atoms with E-state index < -0.39 is 5.79 Å². The molecular formula is C11H13BrO3. The predicted octanol–water partition coefficient (Wildman–Crippen LogP) is 2.20. The molecule has 0 bridgehead atoms. The molecule has 0 aromatic heterocycles. The van der Waals surface area contributed by atoms with Crippen LogP contribution in [0.25, 0.3) is 0 Å². The van der Waals surface area contributed by atoms with E-state index in [0.29, 0.717) is 13.2 Å². The maximum Gasteiger partial charge on any atom is 0.189 e. The highest BCUT2D eigenvalue weighted by molar-refractivity contribution is 9.10. The second-order valence-corrected chi connectivity index (χ2v) is 4.70. The topological polar surface area (TPSA) is 38.7 Å². The minimum Gasteiger partial charge on any atom is -0.391 e. The molecule has 0 amide bonds. The number of hydrogen-bond donors (Lipinski definition) is 1. The number of ether oxygens (including phenoxy) is 2. The first-order chi connectivity index (χ1) is 7.13. The van der Waals surface area contributed by atoms with E-state index in [1.54, 1.807) is 6.92 Å². The van der Waals surface area contributed by atoms with E-state index in [2.05, 4.69) is 15.9 Å². The highest BCUT2D eigenvalue weighted by Crippen LogP contribution is 2.26. The average molecular weight is 273 g/mol. The Hall–Kier alpha value is -0.420. The van der Waals surface area contributed by atoms with E-state index in [9.17, 15) is 0 Å². The molecule has 0 fully saturated rings. The van der Waals surface area contributed by atoms with Crippen LogP contribution in [0, 0.1) is 0 Å². The fourth-order valence-corrected chi connectivity index (χ4v) is 1.87. The van der Waals surface area contributed by atoms with Crippen molar-refractivity contribution in [2.45, 2.75) is 25.9 Å². The summed E-state index contributed by atoms with van der Waals surface area (Å²) >= 11 is 3.42. The highest BCUT2D eigenvalue weighted by atomic mass is 79.9. The number of halogens is 1. The van der Waals surface area contributed by atoms with Crippen molar-refractivity contribution in [1.29, 1.82) is 0 Å². The van der Waals surface area contributed by atoms with E-state index in [1.165, 1.54) is 0 Å². The van der Waals surface area contributed by atoms with Crippen LogP contribution in [-0.2, 0) is 22.7 Å². The second-order valence-electron chi connectivity index (χ2n) is 3.78. The number of hydrogen-bond acceptors (Lipinski definition) is 3. The van der Waals surface area contributed by atoms with Gasteiger partial charge in [0.15, 0.2) is 5.79 Å². The molecule has 82 valence electrons. The first kappa shape index (κ1) is 11.1. The average Bonchev–Trinajstić information content (AvgIpc) is 2.40. The Morgan fingerprint density at radius 3 is 2.67 bits per heavy atom. The van der Waals surface area contributed by atoms with Crippen molar-refractivity contribution in [3.63, 3.8) is 0 Å². The van der Waals surface area contributed by atoms with E-state index in [0.717, 1.165) is 15.6 Å². The summed E-state index contributed by atoms with van der Waals surface area (Å²) < 4.78 is 12.1. The summed E-state index contributed by atoms with van der Waals surface area (Å²) in [5.41, 5.74) is 2.21. The Bertz CT molecular complexity index is 367. The van der Waals surface area contributed by atoms with Crippen LogP contribution in [0.2, 0.25) is 0 Å². The number of aliphatic hydroxyl groups is 1. The van der Waals surface area contributed by atoms with Crippen molar-refractivity contribution >= 4 is 15.9 Å². The van der Waals surface area contributed by atoms with E-state index in [1.807, 2.05) is 18.2 Å². The quantitative estimate of drug-likeness (QED) is 0.852. The second kappa shape index (κ2) is 4.22. The van der Waals surface area contributed by atoms with Gasteiger partial charge in [-0.25, -0.2) is 0 Å². The lowest BCUT2D eigenvalue weighted by Crippen LogP contribution is -2.34. The van der Waals surface area contributed by atoms with Gasteiger partial charge in [-0.05, 0) is 30.2 Å². The van der Waals surface area contributed by atoms with Crippen molar-refractivity contribution in [2.24, 2.45) is 0 Å². The van der Waals surface area contributed by atoms with Crippen LogP contribution in [0.5, 0.6) is 0 Å². The summed E-state index contributed by atoms with van der Waals surface area (Å²) in [4.78, 5) is 0. The molecule has 0 spiro atoms. The minimum atomic E-state index is -0.883. The molecule has 1 aromatic carbocycles. The van der Waals surface area contributed by atoms with Gasteiger partial charge in [-0.1, -0.05) is 22.0 Å². The number of fused-ring (bicyclic) bond motifs is 1.